The van der Waals surface area contributed by atoms with Crippen molar-refractivity contribution in [2.45, 2.75) is 50.8 Å². The number of rotatable bonds is 3. The Hall–Kier alpha value is -0.130. The van der Waals surface area contributed by atoms with Crippen LogP contribution < -0.4 is 5.32 Å². The summed E-state index contributed by atoms with van der Waals surface area (Å²) in [6, 6.07) is 0.128. The maximum Gasteiger partial charge on any atom is 0.219 e. The topological polar surface area (TPSA) is 49.4 Å². The zero-order chi connectivity index (χ0) is 12.4. The SMILES string of the molecule is CNCC1CCCCN1S(=O)(=O)C(C)(C)C. The Morgan fingerprint density at radius 2 is 1.94 bits per heavy atom. The van der Waals surface area contributed by atoms with Crippen molar-refractivity contribution < 1.29 is 8.42 Å². The summed E-state index contributed by atoms with van der Waals surface area (Å²) in [6.07, 6.45) is 3.08. The third-order valence-corrected chi connectivity index (χ3v) is 5.74. The van der Waals surface area contributed by atoms with Gasteiger partial charge in [0.1, 0.15) is 0 Å². The van der Waals surface area contributed by atoms with E-state index in [1.165, 1.54) is 0 Å². The van der Waals surface area contributed by atoms with E-state index < -0.39 is 14.8 Å². The second-order valence-corrected chi connectivity index (χ2v) is 8.08. The molecule has 1 saturated heterocycles. The van der Waals surface area contributed by atoms with E-state index in [1.807, 2.05) is 7.05 Å². The van der Waals surface area contributed by atoms with Crippen LogP contribution in [0.1, 0.15) is 40.0 Å². The van der Waals surface area contributed by atoms with Gasteiger partial charge in [0.25, 0.3) is 0 Å². The van der Waals surface area contributed by atoms with Crippen LogP contribution >= 0.6 is 0 Å². The van der Waals surface area contributed by atoms with Crippen molar-refractivity contribution in [3.8, 4) is 0 Å². The van der Waals surface area contributed by atoms with Crippen molar-refractivity contribution in [1.29, 1.82) is 0 Å². The second kappa shape index (κ2) is 5.02. The van der Waals surface area contributed by atoms with Crippen molar-refractivity contribution in [1.82, 2.24) is 9.62 Å². The van der Waals surface area contributed by atoms with E-state index in [2.05, 4.69) is 5.32 Å². The molecule has 1 heterocycles. The average molecular weight is 248 g/mol. The van der Waals surface area contributed by atoms with Gasteiger partial charge in [-0.1, -0.05) is 6.42 Å². The Morgan fingerprint density at radius 3 is 2.44 bits per heavy atom. The van der Waals surface area contributed by atoms with Gasteiger partial charge in [0.05, 0.1) is 4.75 Å². The number of nitrogens with zero attached hydrogens (tertiary/aromatic N) is 1. The lowest BCUT2D eigenvalue weighted by atomic mass is 10.1. The van der Waals surface area contributed by atoms with Crippen LogP contribution in [0.5, 0.6) is 0 Å². The van der Waals surface area contributed by atoms with E-state index in [4.69, 9.17) is 0 Å². The minimum absolute atomic E-state index is 0.128. The summed E-state index contributed by atoms with van der Waals surface area (Å²) < 4.78 is 25.8. The minimum Gasteiger partial charge on any atom is -0.318 e. The molecule has 1 aliphatic heterocycles. The van der Waals surface area contributed by atoms with Crippen molar-refractivity contribution in [3.63, 3.8) is 0 Å². The smallest absolute Gasteiger partial charge is 0.219 e. The quantitative estimate of drug-likeness (QED) is 0.816. The first-order valence-corrected chi connectivity index (χ1v) is 7.40. The first-order valence-electron chi connectivity index (χ1n) is 5.96. The molecule has 96 valence electrons. The van der Waals surface area contributed by atoms with E-state index in [0.29, 0.717) is 6.54 Å². The van der Waals surface area contributed by atoms with E-state index in [1.54, 1.807) is 25.1 Å². The molecule has 0 aromatic carbocycles. The first kappa shape index (κ1) is 13.9. The number of piperidine rings is 1. The zero-order valence-corrected chi connectivity index (χ0v) is 11.6. The molecule has 0 spiro atoms. The maximum absolute atomic E-state index is 12.4. The molecule has 0 bridgehead atoms. The van der Waals surface area contributed by atoms with Crippen molar-refractivity contribution in [2.75, 3.05) is 20.1 Å². The molecule has 4 nitrogen and oxygen atoms in total. The van der Waals surface area contributed by atoms with Gasteiger partial charge in [0.15, 0.2) is 0 Å². The maximum atomic E-state index is 12.4. The third kappa shape index (κ3) is 2.76. The highest BCUT2D eigenvalue weighted by molar-refractivity contribution is 7.90. The standard InChI is InChI=1S/C11H24N2O2S/c1-11(2,3)16(14,15)13-8-6-5-7-10(13)9-12-4/h10,12H,5-9H2,1-4H3. The highest BCUT2D eigenvalue weighted by Crippen LogP contribution is 2.27. The fraction of sp³-hybridized carbons (Fsp3) is 1.00. The minimum atomic E-state index is -3.18. The Balaban J connectivity index is 2.91. The van der Waals surface area contributed by atoms with Gasteiger partial charge in [-0.25, -0.2) is 8.42 Å². The lowest BCUT2D eigenvalue weighted by molar-refractivity contribution is 0.243. The Morgan fingerprint density at radius 1 is 1.31 bits per heavy atom. The van der Waals surface area contributed by atoms with Gasteiger partial charge >= 0.3 is 0 Å². The summed E-state index contributed by atoms with van der Waals surface area (Å²) in [5, 5.41) is 3.08. The molecule has 0 saturated carbocycles. The Bertz CT molecular complexity index is 317. The summed E-state index contributed by atoms with van der Waals surface area (Å²) in [7, 11) is -1.31. The largest absolute Gasteiger partial charge is 0.318 e. The molecule has 1 unspecified atom stereocenters. The van der Waals surface area contributed by atoms with Crippen molar-refractivity contribution in [2.24, 2.45) is 0 Å². The Kier molecular flexibility index (Phi) is 4.37. The molecule has 5 heteroatoms. The second-order valence-electron chi connectivity index (χ2n) is 5.44. The van der Waals surface area contributed by atoms with Gasteiger partial charge in [0.2, 0.25) is 10.0 Å². The Labute approximate surface area is 99.5 Å². The van der Waals surface area contributed by atoms with Gasteiger partial charge in [-0.2, -0.15) is 4.31 Å². The van der Waals surface area contributed by atoms with Crippen molar-refractivity contribution in [3.05, 3.63) is 0 Å². The van der Waals surface area contributed by atoms with Gasteiger partial charge in [0, 0.05) is 19.1 Å². The van der Waals surface area contributed by atoms with Crippen LogP contribution in [0.2, 0.25) is 0 Å². The van der Waals surface area contributed by atoms with Crippen LogP contribution in [0, 0.1) is 0 Å². The number of likely N-dealkylation sites (N-methyl/N-ethyl adjacent to an activating group) is 1. The van der Waals surface area contributed by atoms with Crippen LogP contribution in [0.3, 0.4) is 0 Å². The van der Waals surface area contributed by atoms with Crippen LogP contribution in [-0.2, 0) is 10.0 Å². The van der Waals surface area contributed by atoms with Crippen molar-refractivity contribution >= 4 is 10.0 Å². The molecule has 1 aliphatic rings. The lowest BCUT2D eigenvalue weighted by Gasteiger charge is -2.38. The number of sulfonamides is 1. The van der Waals surface area contributed by atoms with Crippen LogP contribution in [0.15, 0.2) is 0 Å². The summed E-state index contributed by atoms with van der Waals surface area (Å²) >= 11 is 0. The van der Waals surface area contributed by atoms with Gasteiger partial charge < -0.3 is 5.32 Å². The predicted molar refractivity (Wildman–Crippen MR) is 66.9 cm³/mol. The van der Waals surface area contributed by atoms with Gasteiger partial charge in [-0.3, -0.25) is 0 Å². The molecule has 0 radical (unpaired) electrons. The molecule has 0 aromatic rings. The number of nitrogens with one attached hydrogen (secondary N) is 1. The van der Waals surface area contributed by atoms with E-state index >= 15 is 0 Å². The van der Waals surface area contributed by atoms with E-state index in [-0.39, 0.29) is 6.04 Å². The molecule has 1 atom stereocenters. The summed E-state index contributed by atoms with van der Waals surface area (Å²) in [5.74, 6) is 0. The molecule has 16 heavy (non-hydrogen) atoms. The van der Waals surface area contributed by atoms with Gasteiger partial charge in [-0.15, -0.1) is 0 Å². The highest BCUT2D eigenvalue weighted by atomic mass is 32.2. The third-order valence-electron chi connectivity index (χ3n) is 3.10. The monoisotopic (exact) mass is 248 g/mol. The molecular weight excluding hydrogens is 224 g/mol. The van der Waals surface area contributed by atoms with Crippen LogP contribution in [-0.4, -0.2) is 43.6 Å². The van der Waals surface area contributed by atoms with E-state index in [0.717, 1.165) is 25.8 Å². The molecule has 0 amide bonds. The molecule has 1 rings (SSSR count). The molecule has 0 aliphatic carbocycles. The molecule has 1 N–H and O–H groups in total. The normalized spacial score (nSPS) is 24.6. The summed E-state index contributed by atoms with van der Waals surface area (Å²) in [6.45, 7) is 6.73. The fourth-order valence-corrected chi connectivity index (χ4v) is 3.73. The fourth-order valence-electron chi connectivity index (χ4n) is 2.08. The van der Waals surface area contributed by atoms with E-state index in [9.17, 15) is 8.42 Å². The van der Waals surface area contributed by atoms with Crippen LogP contribution in [0.4, 0.5) is 0 Å². The lowest BCUT2D eigenvalue weighted by Crippen LogP contribution is -2.53. The molecular formula is C11H24N2O2S. The first-order chi connectivity index (χ1) is 7.30. The van der Waals surface area contributed by atoms with Crippen LogP contribution in [0.25, 0.3) is 0 Å². The number of hydrogen-bond donors (Lipinski definition) is 1. The molecule has 0 aromatic heterocycles. The highest BCUT2D eigenvalue weighted by Gasteiger charge is 2.39. The predicted octanol–water partition coefficient (Wildman–Crippen LogP) is 1.19. The zero-order valence-electron chi connectivity index (χ0n) is 10.8. The van der Waals surface area contributed by atoms with Gasteiger partial charge in [-0.05, 0) is 40.7 Å². The summed E-state index contributed by atoms with van der Waals surface area (Å²) in [4.78, 5) is 0. The number of hydrogen-bond acceptors (Lipinski definition) is 3. The summed E-state index contributed by atoms with van der Waals surface area (Å²) in [5.41, 5.74) is 0. The molecule has 1 fully saturated rings. The average Bonchev–Trinajstić information content (AvgIpc) is 2.17.